The van der Waals surface area contributed by atoms with Crippen molar-refractivity contribution in [2.45, 2.75) is 13.0 Å². The van der Waals surface area contributed by atoms with Crippen LogP contribution in [0.4, 0.5) is 0 Å². The van der Waals surface area contributed by atoms with Crippen molar-refractivity contribution in [3.8, 4) is 0 Å². The SMILES string of the molecule is C[C@H](N)C(=O)n1ccccc1=O. The summed E-state index contributed by atoms with van der Waals surface area (Å²) >= 11 is 0. The molecule has 64 valence electrons. The average Bonchev–Trinajstić information content (AvgIpc) is 2.04. The first-order valence-corrected chi connectivity index (χ1v) is 3.60. The summed E-state index contributed by atoms with van der Waals surface area (Å²) in [6.07, 6.45) is 1.41. The van der Waals surface area contributed by atoms with Crippen LogP contribution in [0.3, 0.4) is 0 Å². The Hall–Kier alpha value is -1.42. The molecule has 0 bridgehead atoms. The Morgan fingerprint density at radius 3 is 2.75 bits per heavy atom. The molecule has 0 spiro atoms. The third kappa shape index (κ3) is 1.60. The van der Waals surface area contributed by atoms with E-state index in [0.29, 0.717) is 0 Å². The van der Waals surface area contributed by atoms with Gasteiger partial charge in [0.05, 0.1) is 6.04 Å². The van der Waals surface area contributed by atoms with Crippen molar-refractivity contribution in [2.75, 3.05) is 0 Å². The highest BCUT2D eigenvalue weighted by Crippen LogP contribution is 1.85. The van der Waals surface area contributed by atoms with Gasteiger partial charge in [0.1, 0.15) is 0 Å². The van der Waals surface area contributed by atoms with Crippen molar-refractivity contribution in [3.05, 3.63) is 34.7 Å². The van der Waals surface area contributed by atoms with Crippen molar-refractivity contribution in [3.63, 3.8) is 0 Å². The van der Waals surface area contributed by atoms with E-state index in [0.717, 1.165) is 4.57 Å². The number of carbonyl (C=O) groups excluding carboxylic acids is 1. The van der Waals surface area contributed by atoms with Gasteiger partial charge in [0, 0.05) is 12.3 Å². The lowest BCUT2D eigenvalue weighted by molar-refractivity contribution is 0.0882. The Morgan fingerprint density at radius 1 is 1.58 bits per heavy atom. The van der Waals surface area contributed by atoms with Crippen molar-refractivity contribution in [1.82, 2.24) is 4.57 Å². The van der Waals surface area contributed by atoms with Crippen LogP contribution in [0.15, 0.2) is 29.2 Å². The molecule has 1 aromatic heterocycles. The van der Waals surface area contributed by atoms with Crippen LogP contribution in [0.25, 0.3) is 0 Å². The van der Waals surface area contributed by atoms with E-state index >= 15 is 0 Å². The van der Waals surface area contributed by atoms with Crippen LogP contribution < -0.4 is 11.3 Å². The van der Waals surface area contributed by atoms with Crippen LogP contribution in [0.5, 0.6) is 0 Å². The summed E-state index contributed by atoms with van der Waals surface area (Å²) in [5.41, 5.74) is 4.98. The van der Waals surface area contributed by atoms with Gasteiger partial charge in [-0.15, -0.1) is 0 Å². The largest absolute Gasteiger partial charge is 0.320 e. The standard InChI is InChI=1S/C8H10N2O2/c1-6(9)8(12)10-5-3-2-4-7(10)11/h2-6H,9H2,1H3/t6-/m0/s1. The summed E-state index contributed by atoms with van der Waals surface area (Å²) in [6.45, 7) is 1.54. The number of nitrogens with two attached hydrogens (primary N) is 1. The minimum atomic E-state index is -0.648. The molecular formula is C8H10N2O2. The Kier molecular flexibility index (Phi) is 2.40. The zero-order valence-corrected chi connectivity index (χ0v) is 6.73. The van der Waals surface area contributed by atoms with Crippen molar-refractivity contribution in [1.29, 1.82) is 0 Å². The highest BCUT2D eigenvalue weighted by molar-refractivity contribution is 5.83. The molecule has 0 aliphatic heterocycles. The summed E-state index contributed by atoms with van der Waals surface area (Å²) in [5, 5.41) is 0. The van der Waals surface area contributed by atoms with E-state index in [1.165, 1.54) is 12.3 Å². The minimum Gasteiger partial charge on any atom is -0.320 e. The van der Waals surface area contributed by atoms with Crippen LogP contribution >= 0.6 is 0 Å². The summed E-state index contributed by atoms with van der Waals surface area (Å²) in [4.78, 5) is 22.3. The first-order chi connectivity index (χ1) is 5.63. The molecule has 0 radical (unpaired) electrons. The van der Waals surface area contributed by atoms with Crippen LogP contribution in [0, 0.1) is 0 Å². The first kappa shape index (κ1) is 8.67. The molecule has 1 aromatic rings. The van der Waals surface area contributed by atoms with E-state index in [1.807, 2.05) is 0 Å². The van der Waals surface area contributed by atoms with Crippen LogP contribution in [0.1, 0.15) is 11.7 Å². The predicted molar refractivity (Wildman–Crippen MR) is 45.0 cm³/mol. The third-order valence-corrected chi connectivity index (χ3v) is 1.45. The van der Waals surface area contributed by atoms with Gasteiger partial charge < -0.3 is 5.73 Å². The number of aromatic nitrogens is 1. The highest BCUT2D eigenvalue weighted by atomic mass is 16.2. The van der Waals surface area contributed by atoms with Gasteiger partial charge in [0.25, 0.3) is 5.56 Å². The molecule has 0 amide bonds. The zero-order chi connectivity index (χ0) is 9.14. The minimum absolute atomic E-state index is 0.347. The normalized spacial score (nSPS) is 12.5. The second kappa shape index (κ2) is 3.32. The number of pyridine rings is 1. The molecule has 0 aromatic carbocycles. The number of hydrogen-bond acceptors (Lipinski definition) is 3. The van der Waals surface area contributed by atoms with Gasteiger partial charge in [0.15, 0.2) is 0 Å². The fourth-order valence-corrected chi connectivity index (χ4v) is 0.829. The summed E-state index contributed by atoms with van der Waals surface area (Å²) < 4.78 is 1.00. The van der Waals surface area contributed by atoms with E-state index in [9.17, 15) is 9.59 Å². The maximum atomic E-state index is 11.2. The third-order valence-electron chi connectivity index (χ3n) is 1.45. The quantitative estimate of drug-likeness (QED) is 0.630. The molecule has 1 heterocycles. The van der Waals surface area contributed by atoms with Gasteiger partial charge in [-0.25, -0.2) is 0 Å². The number of carbonyl (C=O) groups is 1. The van der Waals surface area contributed by atoms with E-state index in [2.05, 4.69) is 0 Å². The molecule has 4 heteroatoms. The zero-order valence-electron chi connectivity index (χ0n) is 6.73. The Labute approximate surface area is 69.6 Å². The molecule has 2 N–H and O–H groups in total. The number of rotatable bonds is 1. The molecule has 0 aliphatic rings. The predicted octanol–water partition coefficient (Wildman–Crippen LogP) is -0.164. The molecule has 0 unspecified atom stereocenters. The van der Waals surface area contributed by atoms with E-state index in [1.54, 1.807) is 19.1 Å². The molecule has 0 saturated carbocycles. The molecule has 1 rings (SSSR count). The first-order valence-electron chi connectivity index (χ1n) is 3.60. The lowest BCUT2D eigenvalue weighted by Crippen LogP contribution is -2.37. The van der Waals surface area contributed by atoms with Gasteiger partial charge in [-0.3, -0.25) is 14.2 Å². The molecule has 0 fully saturated rings. The fourth-order valence-electron chi connectivity index (χ4n) is 0.829. The molecule has 0 saturated heterocycles. The van der Waals surface area contributed by atoms with Crippen molar-refractivity contribution in [2.24, 2.45) is 5.73 Å². The average molecular weight is 166 g/mol. The Balaban J connectivity index is 3.12. The van der Waals surface area contributed by atoms with Gasteiger partial charge in [-0.05, 0) is 13.0 Å². The monoisotopic (exact) mass is 166 g/mol. The number of hydrogen-bond donors (Lipinski definition) is 1. The molecule has 0 aliphatic carbocycles. The summed E-state index contributed by atoms with van der Waals surface area (Å²) in [6, 6.07) is 3.86. The summed E-state index contributed by atoms with van der Waals surface area (Å²) in [5.74, 6) is -0.388. The van der Waals surface area contributed by atoms with E-state index < -0.39 is 6.04 Å². The molecule has 12 heavy (non-hydrogen) atoms. The lowest BCUT2D eigenvalue weighted by Gasteiger charge is -2.05. The number of nitrogens with zero attached hydrogens (tertiary/aromatic N) is 1. The van der Waals surface area contributed by atoms with Crippen molar-refractivity contribution < 1.29 is 4.79 Å². The molecular weight excluding hydrogens is 156 g/mol. The molecule has 1 atom stereocenters. The van der Waals surface area contributed by atoms with Gasteiger partial charge >= 0.3 is 0 Å². The maximum absolute atomic E-state index is 11.2. The van der Waals surface area contributed by atoms with Crippen LogP contribution in [-0.4, -0.2) is 16.5 Å². The van der Waals surface area contributed by atoms with Crippen molar-refractivity contribution >= 4 is 5.91 Å². The van der Waals surface area contributed by atoms with Gasteiger partial charge in [-0.2, -0.15) is 0 Å². The Morgan fingerprint density at radius 2 is 2.25 bits per heavy atom. The second-order valence-corrected chi connectivity index (χ2v) is 2.54. The lowest BCUT2D eigenvalue weighted by atomic mass is 10.3. The van der Waals surface area contributed by atoms with Gasteiger partial charge in [0.2, 0.25) is 5.91 Å². The van der Waals surface area contributed by atoms with E-state index in [-0.39, 0.29) is 11.5 Å². The summed E-state index contributed by atoms with van der Waals surface area (Å²) in [7, 11) is 0. The fraction of sp³-hybridized carbons (Fsp3) is 0.250. The second-order valence-electron chi connectivity index (χ2n) is 2.54. The Bertz CT molecular complexity index is 341. The highest BCUT2D eigenvalue weighted by Gasteiger charge is 2.09. The topological polar surface area (TPSA) is 65.1 Å². The molecule has 4 nitrogen and oxygen atoms in total. The van der Waals surface area contributed by atoms with Gasteiger partial charge in [-0.1, -0.05) is 6.07 Å². The van der Waals surface area contributed by atoms with E-state index in [4.69, 9.17) is 5.73 Å². The smallest absolute Gasteiger partial charge is 0.257 e. The maximum Gasteiger partial charge on any atom is 0.257 e. The van der Waals surface area contributed by atoms with Crippen LogP contribution in [0.2, 0.25) is 0 Å². The van der Waals surface area contributed by atoms with Crippen LogP contribution in [-0.2, 0) is 0 Å².